The number of carbonyl (C=O) groups excluding carboxylic acids is 2. The largest absolute Gasteiger partial charge is 0.469 e. The van der Waals surface area contributed by atoms with E-state index >= 15 is 0 Å². The molecule has 0 radical (unpaired) electrons. The lowest BCUT2D eigenvalue weighted by Crippen LogP contribution is -2.44. The summed E-state index contributed by atoms with van der Waals surface area (Å²) < 4.78 is 8.89. The molecule has 1 N–H and O–H groups in total. The molecule has 1 atom stereocenters. The van der Waals surface area contributed by atoms with E-state index in [1.54, 1.807) is 6.92 Å². The van der Waals surface area contributed by atoms with Crippen molar-refractivity contribution in [3.8, 4) is 0 Å². The van der Waals surface area contributed by atoms with Crippen LogP contribution in [0.5, 0.6) is 0 Å². The van der Waals surface area contributed by atoms with Crippen LogP contribution in [0.3, 0.4) is 0 Å². The highest BCUT2D eigenvalue weighted by Crippen LogP contribution is 2.12. The number of ether oxygens (including phenoxy) is 2. The molecule has 0 aliphatic heterocycles. The molecule has 90 valence electrons. The number of aliphatic hydroxyl groups is 1. The Kier molecular flexibility index (Phi) is 5.35. The van der Waals surface area contributed by atoms with Gasteiger partial charge in [-0.25, -0.2) is 4.79 Å². The van der Waals surface area contributed by atoms with E-state index in [9.17, 15) is 14.7 Å². The number of esters is 2. The maximum atomic E-state index is 11.3. The monoisotopic (exact) mass is 230 g/mol. The quantitative estimate of drug-likeness (QED) is 0.297. The topological polar surface area (TPSA) is 109 Å². The second-order valence-corrected chi connectivity index (χ2v) is 3.20. The minimum absolute atomic E-state index is 0.0617. The van der Waals surface area contributed by atoms with Gasteiger partial charge in [0, 0.05) is 0 Å². The van der Waals surface area contributed by atoms with E-state index in [4.69, 9.17) is 5.53 Å². The molecule has 0 spiro atoms. The number of methoxy groups -OCH3 is 1. The molecule has 0 saturated heterocycles. The van der Waals surface area contributed by atoms with Crippen LogP contribution in [0.2, 0.25) is 0 Å². The Labute approximate surface area is 92.6 Å². The van der Waals surface area contributed by atoms with Gasteiger partial charge in [-0.15, -0.1) is 0 Å². The maximum Gasteiger partial charge on any atom is 0.420 e. The normalized spacial score (nSPS) is 13.2. The molecule has 0 aromatic carbocycles. The molecular formula is C9H14N2O5. The predicted molar refractivity (Wildman–Crippen MR) is 52.5 cm³/mol. The number of carbonyl (C=O) groups is 2. The van der Waals surface area contributed by atoms with E-state index in [1.165, 1.54) is 0 Å². The van der Waals surface area contributed by atoms with Crippen LogP contribution in [-0.4, -0.2) is 46.9 Å². The number of rotatable bonds is 5. The Morgan fingerprint density at radius 2 is 2.06 bits per heavy atom. The first-order valence-electron chi connectivity index (χ1n) is 4.57. The minimum Gasteiger partial charge on any atom is -0.469 e. The fourth-order valence-corrected chi connectivity index (χ4v) is 1.00. The summed E-state index contributed by atoms with van der Waals surface area (Å²) >= 11 is 0. The minimum atomic E-state index is -1.94. The molecule has 0 aromatic heterocycles. The lowest BCUT2D eigenvalue weighted by molar-refractivity contribution is -0.148. The van der Waals surface area contributed by atoms with Crippen LogP contribution in [0, 0.1) is 0 Å². The van der Waals surface area contributed by atoms with E-state index in [1.807, 2.05) is 0 Å². The Hall–Kier alpha value is -1.72. The van der Waals surface area contributed by atoms with Gasteiger partial charge in [0.1, 0.15) is 0 Å². The maximum absolute atomic E-state index is 11.3. The summed E-state index contributed by atoms with van der Waals surface area (Å²) in [5.41, 5.74) is 6.04. The molecule has 0 saturated carbocycles. The van der Waals surface area contributed by atoms with Gasteiger partial charge in [0.2, 0.25) is 0 Å². The third-order valence-electron chi connectivity index (χ3n) is 1.80. The van der Waals surface area contributed by atoms with Crippen LogP contribution >= 0.6 is 0 Å². The lowest BCUT2D eigenvalue weighted by atomic mass is 9.96. The van der Waals surface area contributed by atoms with E-state index in [0.717, 1.165) is 14.0 Å². The first-order chi connectivity index (χ1) is 7.38. The first kappa shape index (κ1) is 14.3. The van der Waals surface area contributed by atoms with E-state index < -0.39 is 29.7 Å². The molecule has 0 heterocycles. The van der Waals surface area contributed by atoms with Crippen LogP contribution < -0.4 is 0 Å². The van der Waals surface area contributed by atoms with Gasteiger partial charge >= 0.3 is 17.7 Å². The van der Waals surface area contributed by atoms with Gasteiger partial charge in [0.05, 0.1) is 20.1 Å². The van der Waals surface area contributed by atoms with E-state index in [2.05, 4.69) is 14.3 Å². The summed E-state index contributed by atoms with van der Waals surface area (Å²) in [6, 6.07) is 0. The van der Waals surface area contributed by atoms with E-state index in [-0.39, 0.29) is 6.61 Å². The Bertz CT molecular complexity index is 331. The van der Waals surface area contributed by atoms with Gasteiger partial charge in [0.15, 0.2) is 5.60 Å². The van der Waals surface area contributed by atoms with Crippen molar-refractivity contribution in [1.29, 1.82) is 0 Å². The van der Waals surface area contributed by atoms with Crippen LogP contribution in [0.1, 0.15) is 20.3 Å². The highest BCUT2D eigenvalue weighted by molar-refractivity contribution is 6.37. The molecule has 0 amide bonds. The van der Waals surface area contributed by atoms with Gasteiger partial charge in [-0.3, -0.25) is 4.79 Å². The van der Waals surface area contributed by atoms with Crippen LogP contribution in [-0.2, 0) is 19.1 Å². The average Bonchev–Trinajstić information content (AvgIpc) is 2.17. The molecule has 0 bridgehead atoms. The zero-order valence-corrected chi connectivity index (χ0v) is 9.39. The zero-order chi connectivity index (χ0) is 12.8. The summed E-state index contributed by atoms with van der Waals surface area (Å²) in [5, 5.41) is 9.78. The van der Waals surface area contributed by atoms with Crippen LogP contribution in [0.4, 0.5) is 0 Å². The molecular weight excluding hydrogens is 216 g/mol. The highest BCUT2D eigenvalue weighted by Gasteiger charge is 2.44. The molecule has 0 aliphatic carbocycles. The Balaban J connectivity index is 4.89. The second-order valence-electron chi connectivity index (χ2n) is 3.20. The van der Waals surface area contributed by atoms with Crippen LogP contribution in [0.15, 0.2) is 0 Å². The zero-order valence-electron chi connectivity index (χ0n) is 9.39. The van der Waals surface area contributed by atoms with Gasteiger partial charge in [-0.2, -0.15) is 4.79 Å². The second kappa shape index (κ2) is 5.99. The van der Waals surface area contributed by atoms with Gasteiger partial charge in [-0.05, 0) is 13.8 Å². The summed E-state index contributed by atoms with van der Waals surface area (Å²) in [6.45, 7) is 2.77. The van der Waals surface area contributed by atoms with Crippen LogP contribution in [0.25, 0.3) is 5.53 Å². The molecule has 7 nitrogen and oxygen atoms in total. The molecule has 0 aromatic rings. The third-order valence-corrected chi connectivity index (χ3v) is 1.80. The number of hydrogen-bond acceptors (Lipinski definition) is 5. The smallest absolute Gasteiger partial charge is 0.420 e. The van der Waals surface area contributed by atoms with Crippen molar-refractivity contribution in [3.05, 3.63) is 5.53 Å². The summed E-state index contributed by atoms with van der Waals surface area (Å²) in [7, 11) is 1.14. The Morgan fingerprint density at radius 1 is 1.50 bits per heavy atom. The lowest BCUT2D eigenvalue weighted by Gasteiger charge is -2.15. The van der Waals surface area contributed by atoms with Crippen molar-refractivity contribution < 1.29 is 29.0 Å². The highest BCUT2D eigenvalue weighted by atomic mass is 16.5. The van der Waals surface area contributed by atoms with Crippen molar-refractivity contribution in [2.75, 3.05) is 13.7 Å². The summed E-state index contributed by atoms with van der Waals surface area (Å²) in [5.74, 6) is -1.73. The molecule has 16 heavy (non-hydrogen) atoms. The van der Waals surface area contributed by atoms with Gasteiger partial charge < -0.3 is 20.1 Å². The molecule has 0 unspecified atom stereocenters. The van der Waals surface area contributed by atoms with Crippen molar-refractivity contribution in [2.45, 2.75) is 25.9 Å². The number of hydrogen-bond donors (Lipinski definition) is 1. The first-order valence-corrected chi connectivity index (χ1v) is 4.57. The van der Waals surface area contributed by atoms with Crippen molar-refractivity contribution in [1.82, 2.24) is 0 Å². The fraction of sp³-hybridized carbons (Fsp3) is 0.667. The van der Waals surface area contributed by atoms with Gasteiger partial charge in [0.25, 0.3) is 0 Å². The molecule has 0 aliphatic rings. The average molecular weight is 230 g/mol. The van der Waals surface area contributed by atoms with Crippen molar-refractivity contribution >= 4 is 17.7 Å². The molecule has 7 heteroatoms. The van der Waals surface area contributed by atoms with Crippen molar-refractivity contribution in [3.63, 3.8) is 0 Å². The standard InChI is InChI=1S/C9H14N2O5/c1-4-16-8(13)7(11-10)9(2,14)5-6(12)15-3/h14H,4-5H2,1-3H3/t9-/m1/s1. The number of nitrogens with zero attached hydrogens (tertiary/aromatic N) is 2. The SMILES string of the molecule is CCOC(=O)C(=[N+]=[N-])[C@](C)(O)CC(=O)OC. The summed E-state index contributed by atoms with van der Waals surface area (Å²) in [4.78, 5) is 24.9. The van der Waals surface area contributed by atoms with Gasteiger partial charge in [-0.1, -0.05) is 0 Å². The van der Waals surface area contributed by atoms with Crippen molar-refractivity contribution in [2.24, 2.45) is 0 Å². The predicted octanol–water partition coefficient (Wildman–Crippen LogP) is -0.466. The molecule has 0 fully saturated rings. The fourth-order valence-electron chi connectivity index (χ4n) is 1.00. The third kappa shape index (κ3) is 3.80. The van der Waals surface area contributed by atoms with E-state index in [0.29, 0.717) is 0 Å². The Morgan fingerprint density at radius 3 is 2.44 bits per heavy atom. The summed E-state index contributed by atoms with van der Waals surface area (Å²) in [6.07, 6.45) is -0.512. The molecule has 0 rings (SSSR count).